The van der Waals surface area contributed by atoms with Gasteiger partial charge in [0.1, 0.15) is 11.4 Å². The van der Waals surface area contributed by atoms with Crippen LogP contribution in [0.4, 0.5) is 0 Å². The minimum atomic E-state index is -0.992. The van der Waals surface area contributed by atoms with E-state index in [0.717, 1.165) is 5.56 Å². The number of benzene rings is 1. The summed E-state index contributed by atoms with van der Waals surface area (Å²) in [5, 5.41) is 25.1. The average Bonchev–Trinajstić information content (AvgIpc) is 2.62. The number of hydrogen-bond acceptors (Lipinski definition) is 7. The molecular formula is C16H13N5O3. The zero-order chi connectivity index (χ0) is 17.1. The quantitative estimate of drug-likeness (QED) is 0.776. The molecule has 1 aromatic carbocycles. The normalized spacial score (nSPS) is 10.4. The maximum atomic E-state index is 10.9. The lowest BCUT2D eigenvalue weighted by atomic mass is 10.1. The van der Waals surface area contributed by atoms with Crippen LogP contribution in [-0.2, 0) is 0 Å². The van der Waals surface area contributed by atoms with Crippen LogP contribution in [0.2, 0.25) is 0 Å². The molecule has 0 aliphatic rings. The van der Waals surface area contributed by atoms with E-state index in [-0.39, 0.29) is 11.4 Å². The van der Waals surface area contributed by atoms with Crippen molar-refractivity contribution in [2.24, 2.45) is 0 Å². The van der Waals surface area contributed by atoms with Crippen molar-refractivity contribution in [1.29, 1.82) is 0 Å². The fourth-order valence-electron chi connectivity index (χ4n) is 2.17. The molecule has 0 aliphatic heterocycles. The molecular weight excluding hydrogens is 310 g/mol. The highest BCUT2D eigenvalue weighted by atomic mass is 16.5. The molecule has 0 radical (unpaired) electrons. The molecule has 2 aromatic heterocycles. The van der Waals surface area contributed by atoms with Crippen molar-refractivity contribution in [3.63, 3.8) is 0 Å². The summed E-state index contributed by atoms with van der Waals surface area (Å²) < 4.78 is 5.25. The molecule has 0 aliphatic carbocycles. The first-order valence-electron chi connectivity index (χ1n) is 7.01. The summed E-state index contributed by atoms with van der Waals surface area (Å²) in [6, 6.07) is 7.91. The van der Waals surface area contributed by atoms with Crippen LogP contribution in [0.5, 0.6) is 5.75 Å². The molecule has 0 fully saturated rings. The van der Waals surface area contributed by atoms with Gasteiger partial charge in [0.2, 0.25) is 11.6 Å². The van der Waals surface area contributed by atoms with Gasteiger partial charge in [0.05, 0.1) is 12.7 Å². The number of rotatable bonds is 4. The molecule has 0 unspecified atom stereocenters. The van der Waals surface area contributed by atoms with Crippen molar-refractivity contribution in [1.82, 2.24) is 25.4 Å². The fraction of sp³-hybridized carbons (Fsp3) is 0.125. The van der Waals surface area contributed by atoms with Crippen LogP contribution < -0.4 is 4.74 Å². The zero-order valence-electron chi connectivity index (χ0n) is 13.0. The Balaban J connectivity index is 1.92. The number of carboxylic acid groups (broad SMARTS) is 1. The highest BCUT2D eigenvalue weighted by Crippen LogP contribution is 2.25. The highest BCUT2D eigenvalue weighted by molar-refractivity contribution is 5.88. The molecule has 0 bridgehead atoms. The molecule has 0 amide bonds. The van der Waals surface area contributed by atoms with Crippen LogP contribution in [0.3, 0.4) is 0 Å². The Morgan fingerprint density at radius 1 is 1.00 bits per heavy atom. The van der Waals surface area contributed by atoms with Gasteiger partial charge in [-0.05, 0) is 25.1 Å². The monoisotopic (exact) mass is 323 g/mol. The van der Waals surface area contributed by atoms with Crippen LogP contribution in [0.1, 0.15) is 15.9 Å². The smallest absolute Gasteiger partial charge is 0.335 e. The van der Waals surface area contributed by atoms with Gasteiger partial charge in [-0.1, -0.05) is 12.1 Å². The maximum Gasteiger partial charge on any atom is 0.335 e. The number of hydrogen-bond donors (Lipinski definition) is 1. The molecule has 24 heavy (non-hydrogen) atoms. The van der Waals surface area contributed by atoms with Crippen LogP contribution >= 0.6 is 0 Å². The number of carboxylic acids is 1. The lowest BCUT2D eigenvalue weighted by Crippen LogP contribution is -2.03. The molecule has 8 nitrogen and oxygen atoms in total. The number of pyridine rings is 1. The fourth-order valence-corrected chi connectivity index (χ4v) is 2.17. The Morgan fingerprint density at radius 3 is 2.21 bits per heavy atom. The molecule has 3 rings (SSSR count). The number of aromatic nitrogens is 5. The van der Waals surface area contributed by atoms with Gasteiger partial charge in [0, 0.05) is 17.3 Å². The summed E-state index contributed by atoms with van der Waals surface area (Å²) in [7, 11) is 1.58. The predicted molar refractivity (Wildman–Crippen MR) is 84.5 cm³/mol. The number of aromatic carboxylic acids is 1. The average molecular weight is 323 g/mol. The first-order chi connectivity index (χ1) is 11.6. The maximum absolute atomic E-state index is 10.9. The van der Waals surface area contributed by atoms with Crippen LogP contribution in [-0.4, -0.2) is 43.6 Å². The summed E-state index contributed by atoms with van der Waals surface area (Å²) in [6.45, 7) is 1.85. The van der Waals surface area contributed by atoms with Gasteiger partial charge in [0.15, 0.2) is 0 Å². The Hall–Kier alpha value is -3.42. The van der Waals surface area contributed by atoms with Gasteiger partial charge in [-0.15, -0.1) is 20.4 Å². The summed E-state index contributed by atoms with van der Waals surface area (Å²) in [5.41, 5.74) is 2.15. The molecule has 3 aromatic rings. The van der Waals surface area contributed by atoms with E-state index in [9.17, 15) is 4.79 Å². The van der Waals surface area contributed by atoms with Crippen molar-refractivity contribution in [3.8, 4) is 28.7 Å². The number of methoxy groups -OCH3 is 1. The van der Waals surface area contributed by atoms with Gasteiger partial charge in [-0.3, -0.25) is 4.98 Å². The van der Waals surface area contributed by atoms with Crippen LogP contribution in [0, 0.1) is 6.92 Å². The van der Waals surface area contributed by atoms with E-state index in [4.69, 9.17) is 9.84 Å². The SMILES string of the molecule is COc1ccnc(-c2nnc(-c3ccc(C(=O)O)cc3)nn2)c1C. The predicted octanol–water partition coefficient (Wildman–Crippen LogP) is 2.01. The van der Waals surface area contributed by atoms with E-state index in [1.54, 1.807) is 31.5 Å². The molecule has 2 heterocycles. The van der Waals surface area contributed by atoms with E-state index < -0.39 is 5.97 Å². The molecule has 0 saturated heterocycles. The second-order valence-corrected chi connectivity index (χ2v) is 4.92. The lowest BCUT2D eigenvalue weighted by molar-refractivity contribution is 0.0697. The summed E-state index contributed by atoms with van der Waals surface area (Å²) in [6.07, 6.45) is 1.60. The molecule has 8 heteroatoms. The second-order valence-electron chi connectivity index (χ2n) is 4.92. The van der Waals surface area contributed by atoms with Crippen molar-refractivity contribution < 1.29 is 14.6 Å². The van der Waals surface area contributed by atoms with E-state index in [1.807, 2.05) is 6.92 Å². The Morgan fingerprint density at radius 2 is 1.62 bits per heavy atom. The lowest BCUT2D eigenvalue weighted by Gasteiger charge is -2.07. The molecule has 0 saturated carbocycles. The third-order valence-electron chi connectivity index (χ3n) is 3.46. The van der Waals surface area contributed by atoms with Crippen molar-refractivity contribution >= 4 is 5.97 Å². The summed E-state index contributed by atoms with van der Waals surface area (Å²) in [5.74, 6) is 0.277. The Bertz CT molecular complexity index is 879. The van der Waals surface area contributed by atoms with E-state index >= 15 is 0 Å². The minimum absolute atomic E-state index is 0.187. The van der Waals surface area contributed by atoms with Crippen LogP contribution in [0.25, 0.3) is 22.9 Å². The van der Waals surface area contributed by atoms with Gasteiger partial charge < -0.3 is 9.84 Å². The number of ether oxygens (including phenoxy) is 1. The Kier molecular flexibility index (Phi) is 4.11. The minimum Gasteiger partial charge on any atom is -0.496 e. The highest BCUT2D eigenvalue weighted by Gasteiger charge is 2.13. The second kappa shape index (κ2) is 6.37. The third-order valence-corrected chi connectivity index (χ3v) is 3.46. The standard InChI is InChI=1S/C16H13N5O3/c1-9-12(24-2)7-8-17-13(9)15-20-18-14(19-21-15)10-3-5-11(6-4-10)16(22)23/h3-8H,1-2H3,(H,22,23). The van der Waals surface area contributed by atoms with Gasteiger partial charge >= 0.3 is 5.97 Å². The molecule has 1 N–H and O–H groups in total. The molecule has 0 spiro atoms. The van der Waals surface area contributed by atoms with E-state index in [2.05, 4.69) is 25.4 Å². The number of carbonyl (C=O) groups is 1. The van der Waals surface area contributed by atoms with Gasteiger partial charge in [0.25, 0.3) is 0 Å². The summed E-state index contributed by atoms with van der Waals surface area (Å²) in [4.78, 5) is 15.1. The summed E-state index contributed by atoms with van der Waals surface area (Å²) >= 11 is 0. The van der Waals surface area contributed by atoms with Crippen molar-refractivity contribution in [2.45, 2.75) is 6.92 Å². The number of nitrogens with zero attached hydrogens (tertiary/aromatic N) is 5. The largest absolute Gasteiger partial charge is 0.496 e. The topological polar surface area (TPSA) is 111 Å². The van der Waals surface area contributed by atoms with E-state index in [1.165, 1.54) is 12.1 Å². The van der Waals surface area contributed by atoms with Crippen molar-refractivity contribution in [3.05, 3.63) is 47.7 Å². The molecule has 120 valence electrons. The third kappa shape index (κ3) is 2.89. The van der Waals surface area contributed by atoms with E-state index in [0.29, 0.717) is 22.8 Å². The molecule has 0 atom stereocenters. The first-order valence-corrected chi connectivity index (χ1v) is 7.01. The first kappa shape index (κ1) is 15.5. The Labute approximate surface area is 137 Å². The van der Waals surface area contributed by atoms with Crippen LogP contribution in [0.15, 0.2) is 36.5 Å². The zero-order valence-corrected chi connectivity index (χ0v) is 13.0. The van der Waals surface area contributed by atoms with Gasteiger partial charge in [-0.25, -0.2) is 4.79 Å². The van der Waals surface area contributed by atoms with Crippen molar-refractivity contribution in [2.75, 3.05) is 7.11 Å². The van der Waals surface area contributed by atoms with Gasteiger partial charge in [-0.2, -0.15) is 0 Å².